The lowest BCUT2D eigenvalue weighted by atomic mass is 9.94. The first-order valence-corrected chi connectivity index (χ1v) is 7.84. The number of rotatable bonds is 11. The molecule has 2 heteroatoms. The minimum absolute atomic E-state index is 0.257. The molecule has 0 fully saturated rings. The molecule has 0 aliphatic rings. The van der Waals surface area contributed by atoms with Gasteiger partial charge in [0.15, 0.2) is 0 Å². The molecule has 0 aromatic carbocycles. The highest BCUT2D eigenvalue weighted by molar-refractivity contribution is 5.87. The summed E-state index contributed by atoms with van der Waals surface area (Å²) >= 11 is 0. The summed E-state index contributed by atoms with van der Waals surface area (Å²) in [5, 5.41) is 0. The Labute approximate surface area is 119 Å². The van der Waals surface area contributed by atoms with Gasteiger partial charge in [-0.15, -0.1) is 0 Å². The second-order valence-corrected chi connectivity index (χ2v) is 5.84. The van der Waals surface area contributed by atoms with E-state index in [1.54, 1.807) is 6.92 Å². The maximum atomic E-state index is 11.6. The summed E-state index contributed by atoms with van der Waals surface area (Å²) < 4.78 is 5.56. The molecular formula is C17H32O2. The van der Waals surface area contributed by atoms with Gasteiger partial charge in [-0.05, 0) is 33.1 Å². The molecule has 0 aromatic rings. The van der Waals surface area contributed by atoms with Crippen molar-refractivity contribution in [2.75, 3.05) is 0 Å². The van der Waals surface area contributed by atoms with Gasteiger partial charge in [0, 0.05) is 5.57 Å². The van der Waals surface area contributed by atoms with Crippen LogP contribution in [0.2, 0.25) is 0 Å². The van der Waals surface area contributed by atoms with E-state index in [1.807, 2.05) is 6.92 Å². The predicted octanol–water partition coefficient (Wildman–Crippen LogP) is 5.42. The molecule has 112 valence electrons. The monoisotopic (exact) mass is 268 g/mol. The van der Waals surface area contributed by atoms with Gasteiger partial charge in [-0.25, -0.2) is 4.79 Å². The molecular weight excluding hydrogens is 236 g/mol. The third kappa shape index (κ3) is 8.85. The fourth-order valence-corrected chi connectivity index (χ4v) is 2.07. The van der Waals surface area contributed by atoms with E-state index >= 15 is 0 Å². The Hall–Kier alpha value is -0.790. The second kappa shape index (κ2) is 10.1. The van der Waals surface area contributed by atoms with Crippen LogP contribution in [0.25, 0.3) is 0 Å². The Morgan fingerprint density at radius 3 is 2.05 bits per heavy atom. The van der Waals surface area contributed by atoms with Crippen molar-refractivity contribution >= 4 is 5.97 Å². The number of carbonyl (C=O) groups excluding carboxylic acids is 1. The molecule has 0 heterocycles. The van der Waals surface area contributed by atoms with Crippen LogP contribution in [0, 0.1) is 0 Å². The van der Waals surface area contributed by atoms with E-state index < -0.39 is 0 Å². The van der Waals surface area contributed by atoms with Crippen LogP contribution in [0.3, 0.4) is 0 Å². The van der Waals surface area contributed by atoms with Gasteiger partial charge in [-0.1, -0.05) is 59.0 Å². The lowest BCUT2D eigenvalue weighted by molar-refractivity contribution is -0.154. The number of hydrogen-bond donors (Lipinski definition) is 0. The maximum absolute atomic E-state index is 11.6. The van der Waals surface area contributed by atoms with Crippen molar-refractivity contribution in [3.05, 3.63) is 12.2 Å². The average molecular weight is 268 g/mol. The summed E-state index contributed by atoms with van der Waals surface area (Å²) in [6.45, 7) is 11.7. The topological polar surface area (TPSA) is 26.3 Å². The van der Waals surface area contributed by atoms with Crippen LogP contribution in [-0.2, 0) is 9.53 Å². The molecule has 0 rings (SSSR count). The second-order valence-electron chi connectivity index (χ2n) is 5.84. The molecule has 0 N–H and O–H groups in total. The summed E-state index contributed by atoms with van der Waals surface area (Å²) in [5.41, 5.74) is 0.165. The van der Waals surface area contributed by atoms with Gasteiger partial charge in [-0.3, -0.25) is 0 Å². The first-order valence-electron chi connectivity index (χ1n) is 7.84. The standard InChI is InChI=1S/C17H32O2/c1-6-8-9-10-11-12-13-14-17(5,7-2)19-16(18)15(3)4/h3,6-14H2,1-2,4-5H3. The molecule has 1 atom stereocenters. The molecule has 0 aliphatic carbocycles. The van der Waals surface area contributed by atoms with Crippen LogP contribution in [-0.4, -0.2) is 11.6 Å². The van der Waals surface area contributed by atoms with E-state index in [2.05, 4.69) is 20.4 Å². The molecule has 1 unspecified atom stereocenters. The Kier molecular flexibility index (Phi) is 9.63. The molecule has 0 spiro atoms. The number of ether oxygens (including phenoxy) is 1. The Bertz CT molecular complexity index is 270. The van der Waals surface area contributed by atoms with Crippen molar-refractivity contribution in [3.63, 3.8) is 0 Å². The smallest absolute Gasteiger partial charge is 0.333 e. The van der Waals surface area contributed by atoms with Crippen molar-refractivity contribution in [2.45, 2.75) is 91.1 Å². The highest BCUT2D eigenvalue weighted by Crippen LogP contribution is 2.24. The zero-order chi connectivity index (χ0) is 14.7. The predicted molar refractivity (Wildman–Crippen MR) is 82.2 cm³/mol. The third-order valence-corrected chi connectivity index (χ3v) is 3.74. The van der Waals surface area contributed by atoms with E-state index in [0.717, 1.165) is 19.3 Å². The minimum Gasteiger partial charge on any atom is -0.456 e. The largest absolute Gasteiger partial charge is 0.456 e. The SMILES string of the molecule is C=C(C)C(=O)OC(C)(CC)CCCCCCCCC. The summed E-state index contributed by atoms with van der Waals surface area (Å²) in [7, 11) is 0. The van der Waals surface area contributed by atoms with E-state index in [1.165, 1.54) is 38.5 Å². The highest BCUT2D eigenvalue weighted by atomic mass is 16.6. The highest BCUT2D eigenvalue weighted by Gasteiger charge is 2.26. The van der Waals surface area contributed by atoms with Crippen LogP contribution in [0.4, 0.5) is 0 Å². The van der Waals surface area contributed by atoms with Gasteiger partial charge < -0.3 is 4.74 Å². The molecule has 2 nitrogen and oxygen atoms in total. The summed E-state index contributed by atoms with van der Waals surface area (Å²) in [6.07, 6.45) is 10.8. The first kappa shape index (κ1) is 18.2. The summed E-state index contributed by atoms with van der Waals surface area (Å²) in [4.78, 5) is 11.6. The van der Waals surface area contributed by atoms with Gasteiger partial charge in [-0.2, -0.15) is 0 Å². The number of carbonyl (C=O) groups is 1. The minimum atomic E-state index is -0.320. The molecule has 19 heavy (non-hydrogen) atoms. The number of unbranched alkanes of at least 4 members (excludes halogenated alkanes) is 6. The van der Waals surface area contributed by atoms with Crippen LogP contribution in [0.15, 0.2) is 12.2 Å². The molecule has 0 saturated carbocycles. The lowest BCUT2D eigenvalue weighted by Gasteiger charge is -2.28. The fraction of sp³-hybridized carbons (Fsp3) is 0.824. The zero-order valence-corrected chi connectivity index (χ0v) is 13.4. The Morgan fingerprint density at radius 1 is 1.05 bits per heavy atom. The lowest BCUT2D eigenvalue weighted by Crippen LogP contribution is -2.31. The van der Waals surface area contributed by atoms with Crippen LogP contribution >= 0.6 is 0 Å². The number of esters is 1. The molecule has 0 radical (unpaired) electrons. The third-order valence-electron chi connectivity index (χ3n) is 3.74. The fourth-order valence-electron chi connectivity index (χ4n) is 2.07. The van der Waals surface area contributed by atoms with Gasteiger partial charge >= 0.3 is 5.97 Å². The van der Waals surface area contributed by atoms with Crippen molar-refractivity contribution in [3.8, 4) is 0 Å². The van der Waals surface area contributed by atoms with Gasteiger partial charge in [0.05, 0.1) is 0 Å². The molecule has 0 amide bonds. The molecule has 0 saturated heterocycles. The van der Waals surface area contributed by atoms with Crippen molar-refractivity contribution in [1.82, 2.24) is 0 Å². The molecule has 0 aromatic heterocycles. The number of hydrogen-bond acceptors (Lipinski definition) is 2. The van der Waals surface area contributed by atoms with Gasteiger partial charge in [0.2, 0.25) is 0 Å². The molecule has 0 aliphatic heterocycles. The van der Waals surface area contributed by atoms with E-state index in [-0.39, 0.29) is 11.6 Å². The Morgan fingerprint density at radius 2 is 1.58 bits per heavy atom. The normalized spacial score (nSPS) is 13.9. The van der Waals surface area contributed by atoms with Crippen LogP contribution < -0.4 is 0 Å². The summed E-state index contributed by atoms with van der Waals surface area (Å²) in [5.74, 6) is -0.257. The van der Waals surface area contributed by atoms with E-state index in [9.17, 15) is 4.79 Å². The maximum Gasteiger partial charge on any atom is 0.333 e. The van der Waals surface area contributed by atoms with Crippen LogP contribution in [0.1, 0.15) is 85.5 Å². The summed E-state index contributed by atoms with van der Waals surface area (Å²) in [6, 6.07) is 0. The van der Waals surface area contributed by atoms with Crippen molar-refractivity contribution in [2.24, 2.45) is 0 Å². The van der Waals surface area contributed by atoms with Crippen LogP contribution in [0.5, 0.6) is 0 Å². The van der Waals surface area contributed by atoms with Crippen molar-refractivity contribution < 1.29 is 9.53 Å². The Balaban J connectivity index is 3.85. The zero-order valence-electron chi connectivity index (χ0n) is 13.4. The quantitative estimate of drug-likeness (QED) is 0.284. The van der Waals surface area contributed by atoms with E-state index in [0.29, 0.717) is 5.57 Å². The van der Waals surface area contributed by atoms with Gasteiger partial charge in [0.25, 0.3) is 0 Å². The molecule has 0 bridgehead atoms. The van der Waals surface area contributed by atoms with E-state index in [4.69, 9.17) is 4.74 Å². The average Bonchev–Trinajstić information content (AvgIpc) is 2.37. The van der Waals surface area contributed by atoms with Crippen molar-refractivity contribution in [1.29, 1.82) is 0 Å². The van der Waals surface area contributed by atoms with Gasteiger partial charge in [0.1, 0.15) is 5.60 Å². The first-order chi connectivity index (χ1) is 8.95.